The Morgan fingerprint density at radius 2 is 1.59 bits per heavy atom. The van der Waals surface area contributed by atoms with Crippen molar-refractivity contribution in [3.8, 4) is 5.75 Å². The lowest BCUT2D eigenvalue weighted by Gasteiger charge is -2.25. The largest absolute Gasteiger partial charge is 0.508 e. The van der Waals surface area contributed by atoms with Gasteiger partial charge in [0.25, 0.3) is 0 Å². The molecule has 0 aliphatic heterocycles. The molecule has 3 amide bonds. The number of carboxylic acids is 1. The summed E-state index contributed by atoms with van der Waals surface area (Å²) in [6.45, 7) is 3.68. The van der Waals surface area contributed by atoms with Gasteiger partial charge in [-0.2, -0.15) is 11.8 Å². The van der Waals surface area contributed by atoms with Crippen LogP contribution in [0, 0.1) is 5.92 Å². The minimum atomic E-state index is -1.18. The molecule has 0 aliphatic carbocycles. The molecular weight excluding hydrogens is 524 g/mol. The van der Waals surface area contributed by atoms with Gasteiger partial charge < -0.3 is 36.9 Å². The highest BCUT2D eigenvalue weighted by Crippen LogP contribution is 2.13. The van der Waals surface area contributed by atoms with E-state index < -0.39 is 47.9 Å². The standard InChI is InChI=1S/C26H38N6O6S/c1-15(2)10-22(26(37)38)32-25(36)21(11-16-4-6-18(33)7-5-16)31-24(35)20(8-9-39-3)30-23(34)19(27)12-17-13-28-14-29-17/h4-7,13-15,19-22,33H,8-12,27H2,1-3H3,(H,28,29)(H,30,34)(H,31,35)(H,32,36)(H,37,38). The second-order valence-corrected chi connectivity index (χ2v) is 10.7. The molecule has 1 heterocycles. The normalized spacial score (nSPS) is 14.2. The van der Waals surface area contributed by atoms with E-state index in [9.17, 15) is 29.4 Å². The second-order valence-electron chi connectivity index (χ2n) is 9.69. The number of hydrogen-bond acceptors (Lipinski definition) is 8. The number of hydrogen-bond donors (Lipinski definition) is 7. The average Bonchev–Trinajstić information content (AvgIpc) is 3.39. The predicted molar refractivity (Wildman–Crippen MR) is 148 cm³/mol. The van der Waals surface area contributed by atoms with Crippen molar-refractivity contribution in [2.24, 2.45) is 11.7 Å². The molecule has 0 spiro atoms. The molecule has 0 fully saturated rings. The van der Waals surface area contributed by atoms with Crippen LogP contribution >= 0.6 is 11.8 Å². The molecule has 4 unspecified atom stereocenters. The summed E-state index contributed by atoms with van der Waals surface area (Å²) < 4.78 is 0. The van der Waals surface area contributed by atoms with Crippen LogP contribution in [0.15, 0.2) is 36.8 Å². The van der Waals surface area contributed by atoms with Gasteiger partial charge in [0, 0.05) is 24.7 Å². The first-order valence-corrected chi connectivity index (χ1v) is 14.0. The average molecular weight is 563 g/mol. The summed E-state index contributed by atoms with van der Waals surface area (Å²) in [5.41, 5.74) is 7.34. The first-order valence-electron chi connectivity index (χ1n) is 12.6. The minimum Gasteiger partial charge on any atom is -0.508 e. The Balaban J connectivity index is 2.20. The van der Waals surface area contributed by atoms with E-state index in [2.05, 4.69) is 25.9 Å². The van der Waals surface area contributed by atoms with Crippen molar-refractivity contribution in [2.45, 2.75) is 63.7 Å². The van der Waals surface area contributed by atoms with E-state index in [4.69, 9.17) is 5.73 Å². The highest BCUT2D eigenvalue weighted by Gasteiger charge is 2.30. The molecule has 0 saturated heterocycles. The van der Waals surface area contributed by atoms with E-state index in [1.54, 1.807) is 18.3 Å². The number of amides is 3. The zero-order valence-corrected chi connectivity index (χ0v) is 23.2. The van der Waals surface area contributed by atoms with Gasteiger partial charge >= 0.3 is 5.97 Å². The monoisotopic (exact) mass is 562 g/mol. The third kappa shape index (κ3) is 11.0. The highest BCUT2D eigenvalue weighted by atomic mass is 32.2. The summed E-state index contributed by atoms with van der Waals surface area (Å²) in [4.78, 5) is 57.9. The van der Waals surface area contributed by atoms with E-state index in [0.29, 0.717) is 17.0 Å². The fourth-order valence-electron chi connectivity index (χ4n) is 3.82. The molecule has 13 heteroatoms. The Morgan fingerprint density at radius 3 is 2.15 bits per heavy atom. The Bertz CT molecular complexity index is 1080. The number of H-pyrrole nitrogens is 1. The van der Waals surface area contributed by atoms with Gasteiger partial charge in [-0.1, -0.05) is 26.0 Å². The third-order valence-corrected chi connectivity index (χ3v) is 6.55. The van der Waals surface area contributed by atoms with E-state index in [1.807, 2.05) is 20.1 Å². The number of rotatable bonds is 16. The van der Waals surface area contributed by atoms with E-state index >= 15 is 0 Å². The maximum absolute atomic E-state index is 13.4. The second kappa shape index (κ2) is 15.7. The summed E-state index contributed by atoms with van der Waals surface area (Å²) in [7, 11) is 0. The third-order valence-electron chi connectivity index (χ3n) is 5.91. The fraction of sp³-hybridized carbons (Fsp3) is 0.500. The quantitative estimate of drug-likeness (QED) is 0.153. The number of imidazole rings is 1. The summed E-state index contributed by atoms with van der Waals surface area (Å²) in [5.74, 6) is -2.38. The zero-order chi connectivity index (χ0) is 28.9. The smallest absolute Gasteiger partial charge is 0.326 e. The summed E-state index contributed by atoms with van der Waals surface area (Å²) in [6, 6.07) is 1.93. The van der Waals surface area contributed by atoms with Crippen LogP contribution in [0.5, 0.6) is 5.75 Å². The number of thioether (sulfide) groups is 1. The molecule has 214 valence electrons. The number of benzene rings is 1. The molecule has 0 radical (unpaired) electrons. The molecule has 0 saturated carbocycles. The fourth-order valence-corrected chi connectivity index (χ4v) is 4.30. The van der Waals surface area contributed by atoms with Crippen molar-refractivity contribution in [2.75, 3.05) is 12.0 Å². The molecule has 39 heavy (non-hydrogen) atoms. The lowest BCUT2D eigenvalue weighted by molar-refractivity contribution is -0.142. The number of aromatic hydroxyl groups is 1. The van der Waals surface area contributed by atoms with Crippen LogP contribution in [0.4, 0.5) is 0 Å². The number of carbonyl (C=O) groups is 4. The maximum atomic E-state index is 13.4. The molecule has 0 bridgehead atoms. The Hall–Kier alpha value is -3.58. The summed E-state index contributed by atoms with van der Waals surface area (Å²) >= 11 is 1.49. The van der Waals surface area contributed by atoms with Gasteiger partial charge in [0.05, 0.1) is 12.4 Å². The summed E-state index contributed by atoms with van der Waals surface area (Å²) in [5, 5.41) is 27.1. The Morgan fingerprint density at radius 1 is 0.974 bits per heavy atom. The van der Waals surface area contributed by atoms with Gasteiger partial charge in [0.15, 0.2) is 0 Å². The van der Waals surface area contributed by atoms with Crippen LogP contribution in [0.25, 0.3) is 0 Å². The Labute approximate surface area is 231 Å². The van der Waals surface area contributed by atoms with Crippen molar-refractivity contribution < 1.29 is 29.4 Å². The molecule has 2 aromatic rings. The van der Waals surface area contributed by atoms with Gasteiger partial charge in [-0.25, -0.2) is 9.78 Å². The number of carboxylic acid groups (broad SMARTS) is 1. The van der Waals surface area contributed by atoms with Crippen molar-refractivity contribution in [3.63, 3.8) is 0 Å². The number of phenols is 1. The molecular formula is C26H38N6O6S. The highest BCUT2D eigenvalue weighted by molar-refractivity contribution is 7.98. The molecule has 4 atom stereocenters. The number of nitrogens with two attached hydrogens (primary N) is 1. The number of nitrogens with one attached hydrogen (secondary N) is 4. The van der Waals surface area contributed by atoms with Crippen LogP contribution in [0.1, 0.15) is 37.9 Å². The number of phenolic OH excluding ortho intramolecular Hbond substituents is 1. The van der Waals surface area contributed by atoms with Gasteiger partial charge in [0.2, 0.25) is 17.7 Å². The lowest BCUT2D eigenvalue weighted by atomic mass is 10.0. The molecule has 1 aromatic carbocycles. The van der Waals surface area contributed by atoms with Crippen LogP contribution in [-0.2, 0) is 32.0 Å². The predicted octanol–water partition coefficient (Wildman–Crippen LogP) is 0.566. The van der Waals surface area contributed by atoms with E-state index in [-0.39, 0.29) is 37.4 Å². The van der Waals surface area contributed by atoms with Crippen LogP contribution in [-0.4, -0.2) is 80.0 Å². The topological polar surface area (TPSA) is 200 Å². The molecule has 0 aliphatic rings. The number of nitrogens with zero attached hydrogens (tertiary/aromatic N) is 1. The van der Waals surface area contributed by atoms with Gasteiger partial charge in [0.1, 0.15) is 23.9 Å². The molecule has 8 N–H and O–H groups in total. The van der Waals surface area contributed by atoms with Gasteiger partial charge in [-0.15, -0.1) is 0 Å². The number of aliphatic carboxylic acids is 1. The van der Waals surface area contributed by atoms with Crippen molar-refractivity contribution in [1.82, 2.24) is 25.9 Å². The van der Waals surface area contributed by atoms with E-state index in [1.165, 1.54) is 30.2 Å². The molecule has 1 aromatic heterocycles. The SMILES string of the molecule is CSCCC(NC(=O)C(N)Cc1cnc[nH]1)C(=O)NC(Cc1ccc(O)cc1)C(=O)NC(CC(C)C)C(=O)O. The first kappa shape index (κ1) is 31.6. The lowest BCUT2D eigenvalue weighted by Crippen LogP contribution is -2.58. The van der Waals surface area contributed by atoms with Crippen LogP contribution in [0.3, 0.4) is 0 Å². The molecule has 2 rings (SSSR count). The van der Waals surface area contributed by atoms with Gasteiger partial charge in [-0.05, 0) is 48.5 Å². The number of aromatic amines is 1. The first-order chi connectivity index (χ1) is 18.5. The number of carbonyl (C=O) groups excluding carboxylic acids is 3. The Kier molecular flexibility index (Phi) is 12.8. The van der Waals surface area contributed by atoms with Crippen LogP contribution < -0.4 is 21.7 Å². The van der Waals surface area contributed by atoms with E-state index in [0.717, 1.165) is 0 Å². The maximum Gasteiger partial charge on any atom is 0.326 e. The van der Waals surface area contributed by atoms with Crippen molar-refractivity contribution >= 4 is 35.5 Å². The van der Waals surface area contributed by atoms with Crippen LogP contribution in [0.2, 0.25) is 0 Å². The molecule has 12 nitrogen and oxygen atoms in total. The number of aromatic nitrogens is 2. The minimum absolute atomic E-state index is 0.00800. The van der Waals surface area contributed by atoms with Crippen molar-refractivity contribution in [1.29, 1.82) is 0 Å². The van der Waals surface area contributed by atoms with Gasteiger partial charge in [-0.3, -0.25) is 14.4 Å². The summed E-state index contributed by atoms with van der Waals surface area (Å²) in [6.07, 6.45) is 5.62. The van der Waals surface area contributed by atoms with Crippen molar-refractivity contribution in [3.05, 3.63) is 48.0 Å². The zero-order valence-electron chi connectivity index (χ0n) is 22.3.